The molecule has 1 rings (SSSR count). The third-order valence-corrected chi connectivity index (χ3v) is 4.32. The van der Waals surface area contributed by atoms with Gasteiger partial charge >= 0.3 is 0 Å². The Morgan fingerprint density at radius 1 is 1.50 bits per heavy atom. The molecule has 1 atom stereocenters. The first-order valence-electron chi connectivity index (χ1n) is 5.35. The Morgan fingerprint density at radius 3 is 2.67 bits per heavy atom. The molecule has 18 heavy (non-hydrogen) atoms. The van der Waals surface area contributed by atoms with E-state index in [-0.39, 0.29) is 11.6 Å². The Balaban J connectivity index is 2.98. The van der Waals surface area contributed by atoms with Crippen molar-refractivity contribution >= 4 is 21.6 Å². The standard InChI is InChI=1S/C11H15ClFNO3S/c1-3-11(2,15)7-14-18(16,17)9-6-4-5-8(12)10(9)13/h4-6,14-15H,3,7H2,1-2H3. The Labute approximate surface area is 111 Å². The summed E-state index contributed by atoms with van der Waals surface area (Å²) < 4.78 is 39.4. The van der Waals surface area contributed by atoms with Gasteiger partial charge in [-0.25, -0.2) is 17.5 Å². The van der Waals surface area contributed by atoms with Gasteiger partial charge in [-0.15, -0.1) is 0 Å². The van der Waals surface area contributed by atoms with Gasteiger partial charge in [0.2, 0.25) is 10.0 Å². The molecule has 1 aromatic rings. The van der Waals surface area contributed by atoms with Crippen LogP contribution in [0.2, 0.25) is 5.02 Å². The molecule has 0 spiro atoms. The van der Waals surface area contributed by atoms with Gasteiger partial charge in [0.1, 0.15) is 4.90 Å². The normalized spacial score (nSPS) is 15.4. The predicted molar refractivity (Wildman–Crippen MR) is 67.5 cm³/mol. The summed E-state index contributed by atoms with van der Waals surface area (Å²) in [5.74, 6) is -0.997. The smallest absolute Gasteiger partial charge is 0.243 e. The van der Waals surface area contributed by atoms with Crippen molar-refractivity contribution in [2.45, 2.75) is 30.8 Å². The summed E-state index contributed by atoms with van der Waals surface area (Å²) in [4.78, 5) is -0.526. The number of halogens is 2. The first kappa shape index (κ1) is 15.4. The fourth-order valence-corrected chi connectivity index (χ4v) is 2.64. The van der Waals surface area contributed by atoms with E-state index in [1.165, 1.54) is 19.1 Å². The minimum absolute atomic E-state index is 0.197. The van der Waals surface area contributed by atoms with Gasteiger partial charge < -0.3 is 5.11 Å². The average Bonchev–Trinajstić information content (AvgIpc) is 2.30. The maximum Gasteiger partial charge on any atom is 0.243 e. The van der Waals surface area contributed by atoms with Crippen molar-refractivity contribution < 1.29 is 17.9 Å². The molecule has 0 aliphatic carbocycles. The van der Waals surface area contributed by atoms with Crippen molar-refractivity contribution in [2.75, 3.05) is 6.54 Å². The second kappa shape index (κ2) is 5.52. The molecule has 0 saturated carbocycles. The molecule has 102 valence electrons. The van der Waals surface area contributed by atoms with Gasteiger partial charge in [-0.05, 0) is 25.5 Å². The molecule has 0 saturated heterocycles. The van der Waals surface area contributed by atoms with Crippen LogP contribution >= 0.6 is 11.6 Å². The van der Waals surface area contributed by atoms with E-state index in [0.717, 1.165) is 6.07 Å². The molecule has 0 aromatic heterocycles. The second-order valence-electron chi connectivity index (χ2n) is 4.23. The third-order valence-electron chi connectivity index (χ3n) is 2.61. The highest BCUT2D eigenvalue weighted by Crippen LogP contribution is 2.22. The number of sulfonamides is 1. The molecule has 2 N–H and O–H groups in total. The summed E-state index contributed by atoms with van der Waals surface area (Å²) in [6, 6.07) is 3.72. The molecule has 0 bridgehead atoms. The van der Waals surface area contributed by atoms with Gasteiger partial charge in [-0.2, -0.15) is 0 Å². The van der Waals surface area contributed by atoms with E-state index < -0.39 is 26.3 Å². The molecule has 0 amide bonds. The lowest BCUT2D eigenvalue weighted by Crippen LogP contribution is -2.40. The van der Waals surface area contributed by atoms with Crippen LogP contribution in [-0.2, 0) is 10.0 Å². The van der Waals surface area contributed by atoms with E-state index >= 15 is 0 Å². The monoisotopic (exact) mass is 295 g/mol. The lowest BCUT2D eigenvalue weighted by atomic mass is 10.1. The zero-order valence-corrected chi connectivity index (χ0v) is 11.6. The Bertz CT molecular complexity index is 531. The van der Waals surface area contributed by atoms with Crippen LogP contribution in [0.1, 0.15) is 20.3 Å². The van der Waals surface area contributed by atoms with Crippen LogP contribution in [0, 0.1) is 5.82 Å². The highest BCUT2D eigenvalue weighted by molar-refractivity contribution is 7.89. The molecule has 1 unspecified atom stereocenters. The van der Waals surface area contributed by atoms with Crippen molar-refractivity contribution in [1.29, 1.82) is 0 Å². The summed E-state index contributed by atoms with van der Waals surface area (Å²) in [5, 5.41) is 9.45. The van der Waals surface area contributed by atoms with E-state index in [1.54, 1.807) is 6.92 Å². The molecule has 0 aliphatic heterocycles. The van der Waals surface area contributed by atoms with Crippen LogP contribution in [-0.4, -0.2) is 25.7 Å². The lowest BCUT2D eigenvalue weighted by Gasteiger charge is -2.21. The first-order chi connectivity index (χ1) is 8.19. The van der Waals surface area contributed by atoms with Crippen LogP contribution in [0.4, 0.5) is 4.39 Å². The number of hydrogen-bond donors (Lipinski definition) is 2. The Hall–Kier alpha value is -0.690. The highest BCUT2D eigenvalue weighted by Gasteiger charge is 2.25. The summed E-state index contributed by atoms with van der Waals surface area (Å²) in [5.41, 5.74) is -1.18. The number of hydrogen-bond acceptors (Lipinski definition) is 3. The molecule has 0 radical (unpaired) electrons. The summed E-state index contributed by atoms with van der Waals surface area (Å²) in [6.45, 7) is 3.01. The first-order valence-corrected chi connectivity index (χ1v) is 7.22. The van der Waals surface area contributed by atoms with Crippen molar-refractivity contribution in [1.82, 2.24) is 4.72 Å². The van der Waals surface area contributed by atoms with Crippen LogP contribution in [0.3, 0.4) is 0 Å². The fourth-order valence-electron chi connectivity index (χ4n) is 1.14. The van der Waals surface area contributed by atoms with Crippen molar-refractivity contribution in [3.05, 3.63) is 29.0 Å². The van der Waals surface area contributed by atoms with E-state index in [9.17, 15) is 17.9 Å². The van der Waals surface area contributed by atoms with Crippen molar-refractivity contribution in [3.8, 4) is 0 Å². The summed E-state index contributed by atoms with van der Waals surface area (Å²) in [7, 11) is -4.03. The number of rotatable bonds is 5. The quantitative estimate of drug-likeness (QED) is 0.872. The molecule has 4 nitrogen and oxygen atoms in total. The summed E-state index contributed by atoms with van der Waals surface area (Å²) >= 11 is 5.52. The maximum absolute atomic E-state index is 13.6. The zero-order chi connectivity index (χ0) is 14.0. The van der Waals surface area contributed by atoms with Crippen molar-refractivity contribution in [3.63, 3.8) is 0 Å². The third kappa shape index (κ3) is 3.65. The zero-order valence-electron chi connectivity index (χ0n) is 10.1. The fraction of sp³-hybridized carbons (Fsp3) is 0.455. The highest BCUT2D eigenvalue weighted by atomic mass is 35.5. The molecule has 1 aromatic carbocycles. The number of nitrogens with one attached hydrogen (secondary N) is 1. The predicted octanol–water partition coefficient (Wildman–Crippen LogP) is 1.92. The van der Waals surface area contributed by atoms with E-state index in [2.05, 4.69) is 4.72 Å². The lowest BCUT2D eigenvalue weighted by molar-refractivity contribution is 0.0613. The minimum Gasteiger partial charge on any atom is -0.389 e. The molecular weight excluding hydrogens is 281 g/mol. The summed E-state index contributed by atoms with van der Waals surface area (Å²) in [6.07, 6.45) is 0.369. The van der Waals surface area contributed by atoms with Gasteiger partial charge in [0.25, 0.3) is 0 Å². The van der Waals surface area contributed by atoms with Gasteiger partial charge in [0, 0.05) is 6.54 Å². The van der Waals surface area contributed by atoms with Gasteiger partial charge in [-0.1, -0.05) is 24.6 Å². The second-order valence-corrected chi connectivity index (χ2v) is 6.37. The average molecular weight is 296 g/mol. The molecule has 0 fully saturated rings. The van der Waals surface area contributed by atoms with Crippen LogP contribution in [0.25, 0.3) is 0 Å². The largest absolute Gasteiger partial charge is 0.389 e. The van der Waals surface area contributed by atoms with Gasteiger partial charge in [0.15, 0.2) is 5.82 Å². The van der Waals surface area contributed by atoms with Crippen LogP contribution in [0.15, 0.2) is 23.1 Å². The molecule has 7 heteroatoms. The SMILES string of the molecule is CCC(C)(O)CNS(=O)(=O)c1cccc(Cl)c1F. The molecular formula is C11H15ClFNO3S. The van der Waals surface area contributed by atoms with Gasteiger partial charge in [0.05, 0.1) is 10.6 Å². The van der Waals surface area contributed by atoms with E-state index in [0.29, 0.717) is 6.42 Å². The number of benzene rings is 1. The van der Waals surface area contributed by atoms with Crippen LogP contribution in [0.5, 0.6) is 0 Å². The van der Waals surface area contributed by atoms with Gasteiger partial charge in [-0.3, -0.25) is 0 Å². The minimum atomic E-state index is -4.03. The Kier molecular flexibility index (Phi) is 4.72. The topological polar surface area (TPSA) is 66.4 Å². The maximum atomic E-state index is 13.6. The Morgan fingerprint density at radius 2 is 2.11 bits per heavy atom. The van der Waals surface area contributed by atoms with E-state index in [4.69, 9.17) is 11.6 Å². The number of aliphatic hydroxyl groups is 1. The van der Waals surface area contributed by atoms with Crippen LogP contribution < -0.4 is 4.72 Å². The van der Waals surface area contributed by atoms with Crippen molar-refractivity contribution in [2.24, 2.45) is 0 Å². The molecule has 0 aliphatic rings. The molecule has 0 heterocycles. The van der Waals surface area contributed by atoms with E-state index in [1.807, 2.05) is 0 Å².